The number of aromatic amines is 1. The summed E-state index contributed by atoms with van der Waals surface area (Å²) in [7, 11) is 0. The van der Waals surface area contributed by atoms with Crippen molar-refractivity contribution in [3.8, 4) is 11.6 Å². The number of nitrogens with zero attached hydrogens (tertiary/aromatic N) is 3. The van der Waals surface area contributed by atoms with Gasteiger partial charge in [-0.3, -0.25) is 0 Å². The number of rotatable bonds is 4. The molecule has 7 heteroatoms. The average molecular weight is 289 g/mol. The summed E-state index contributed by atoms with van der Waals surface area (Å²) in [5.74, 6) is 2.51. The molecule has 112 valence electrons. The highest BCUT2D eigenvalue weighted by atomic mass is 16.5. The maximum absolute atomic E-state index is 6.26. The summed E-state index contributed by atoms with van der Waals surface area (Å²) in [6, 6.07) is 0. The molecule has 3 heterocycles. The largest absolute Gasteiger partial charge is 0.381 e. The molecule has 2 aromatic rings. The van der Waals surface area contributed by atoms with Crippen molar-refractivity contribution in [3.05, 3.63) is 17.8 Å². The van der Waals surface area contributed by atoms with Gasteiger partial charge in [0.25, 0.3) is 5.89 Å². The monoisotopic (exact) mass is 289 g/mol. The predicted molar refractivity (Wildman–Crippen MR) is 74.2 cm³/mol. The number of aromatic nitrogens is 4. The van der Waals surface area contributed by atoms with E-state index in [4.69, 9.17) is 15.0 Å². The van der Waals surface area contributed by atoms with Crippen molar-refractivity contribution in [1.82, 2.24) is 20.1 Å². The van der Waals surface area contributed by atoms with Crippen LogP contribution in [0.4, 0.5) is 0 Å². The molecule has 1 unspecified atom stereocenters. The van der Waals surface area contributed by atoms with E-state index in [1.165, 1.54) is 0 Å². The first kappa shape index (κ1) is 13.0. The highest BCUT2D eigenvalue weighted by Gasteiger charge is 2.37. The molecule has 2 fully saturated rings. The molecule has 1 aliphatic carbocycles. The second-order valence-corrected chi connectivity index (χ2v) is 6.10. The van der Waals surface area contributed by atoms with Crippen molar-refractivity contribution in [3.63, 3.8) is 0 Å². The van der Waals surface area contributed by atoms with Gasteiger partial charge in [-0.15, -0.1) is 0 Å². The first-order chi connectivity index (χ1) is 10.2. The quantitative estimate of drug-likeness (QED) is 0.881. The lowest BCUT2D eigenvalue weighted by Crippen LogP contribution is -2.44. The Labute approximate surface area is 122 Å². The third kappa shape index (κ3) is 2.36. The smallest absolute Gasteiger partial charge is 0.275 e. The number of H-pyrrole nitrogens is 1. The van der Waals surface area contributed by atoms with Crippen LogP contribution in [0.1, 0.15) is 37.3 Å². The lowest BCUT2D eigenvalue weighted by atomic mass is 9.77. The molecule has 0 radical (unpaired) electrons. The van der Waals surface area contributed by atoms with E-state index in [-0.39, 0.29) is 5.54 Å². The summed E-state index contributed by atoms with van der Waals surface area (Å²) in [5.41, 5.74) is 6.69. The molecule has 3 N–H and O–H groups in total. The van der Waals surface area contributed by atoms with Gasteiger partial charge in [-0.05, 0) is 31.6 Å². The van der Waals surface area contributed by atoms with Crippen molar-refractivity contribution in [2.24, 2.45) is 11.7 Å². The van der Waals surface area contributed by atoms with E-state index in [2.05, 4.69) is 20.1 Å². The van der Waals surface area contributed by atoms with Crippen LogP contribution in [0, 0.1) is 5.92 Å². The van der Waals surface area contributed by atoms with Crippen LogP contribution in [0.2, 0.25) is 0 Å². The molecule has 21 heavy (non-hydrogen) atoms. The number of nitrogens with two attached hydrogens (primary N) is 1. The Balaban J connectivity index is 1.50. The Morgan fingerprint density at radius 3 is 3.05 bits per heavy atom. The lowest BCUT2D eigenvalue weighted by molar-refractivity contribution is 0.185. The molecule has 1 atom stereocenters. The summed E-state index contributed by atoms with van der Waals surface area (Å²) in [5, 5.41) is 4.04. The van der Waals surface area contributed by atoms with Crippen LogP contribution in [0.5, 0.6) is 0 Å². The maximum atomic E-state index is 6.26. The topological polar surface area (TPSA) is 103 Å². The zero-order valence-corrected chi connectivity index (χ0v) is 11.8. The fraction of sp³-hybridized carbons (Fsp3) is 0.643. The van der Waals surface area contributed by atoms with E-state index < -0.39 is 0 Å². The number of nitrogens with one attached hydrogen (secondary N) is 1. The molecule has 1 saturated carbocycles. The number of hydrogen-bond donors (Lipinski definition) is 2. The Morgan fingerprint density at radius 1 is 1.43 bits per heavy atom. The zero-order valence-electron chi connectivity index (χ0n) is 11.8. The second-order valence-electron chi connectivity index (χ2n) is 6.10. The van der Waals surface area contributed by atoms with Gasteiger partial charge in [0.05, 0.1) is 11.7 Å². The van der Waals surface area contributed by atoms with Crippen LogP contribution in [0.25, 0.3) is 11.6 Å². The summed E-state index contributed by atoms with van der Waals surface area (Å²) in [6.07, 6.45) is 6.67. The van der Waals surface area contributed by atoms with Crippen LogP contribution in [-0.4, -0.2) is 33.3 Å². The maximum Gasteiger partial charge on any atom is 0.275 e. The van der Waals surface area contributed by atoms with Crippen LogP contribution in [-0.2, 0) is 16.7 Å². The van der Waals surface area contributed by atoms with E-state index in [1.807, 2.05) is 0 Å². The van der Waals surface area contributed by atoms with Gasteiger partial charge < -0.3 is 20.0 Å². The van der Waals surface area contributed by atoms with Gasteiger partial charge in [-0.25, -0.2) is 4.98 Å². The van der Waals surface area contributed by atoms with Crippen molar-refractivity contribution in [2.75, 3.05) is 13.2 Å². The van der Waals surface area contributed by atoms with Crippen LogP contribution in [0.3, 0.4) is 0 Å². The van der Waals surface area contributed by atoms with Gasteiger partial charge in [-0.1, -0.05) is 5.16 Å². The first-order valence-electron chi connectivity index (χ1n) is 7.48. The third-order valence-electron chi connectivity index (χ3n) is 4.49. The minimum absolute atomic E-state index is 0.303. The van der Waals surface area contributed by atoms with E-state index in [1.54, 1.807) is 6.20 Å². The average Bonchev–Trinajstić information content (AvgIpc) is 3.17. The SMILES string of the molecule is NC1(c2ncc(-c3nc(CC4CCOC4)no3)[nH]2)CCC1. The summed E-state index contributed by atoms with van der Waals surface area (Å²) >= 11 is 0. The van der Waals surface area contributed by atoms with Gasteiger partial charge in [0.15, 0.2) is 5.82 Å². The highest BCUT2D eigenvalue weighted by Crippen LogP contribution is 2.37. The van der Waals surface area contributed by atoms with Gasteiger partial charge >= 0.3 is 0 Å². The second kappa shape index (κ2) is 4.92. The highest BCUT2D eigenvalue weighted by molar-refractivity contribution is 5.45. The molecule has 7 nitrogen and oxygen atoms in total. The molecule has 0 amide bonds. The summed E-state index contributed by atoms with van der Waals surface area (Å²) in [6.45, 7) is 1.62. The number of hydrogen-bond acceptors (Lipinski definition) is 6. The Kier molecular flexibility index (Phi) is 3.04. The van der Waals surface area contributed by atoms with Crippen LogP contribution in [0.15, 0.2) is 10.7 Å². The first-order valence-corrected chi connectivity index (χ1v) is 7.48. The Hall–Kier alpha value is -1.73. The van der Waals surface area contributed by atoms with Crippen molar-refractivity contribution >= 4 is 0 Å². The normalized spacial score (nSPS) is 24.1. The molecule has 4 rings (SSSR count). The fourth-order valence-electron chi connectivity index (χ4n) is 2.93. The van der Waals surface area contributed by atoms with Crippen LogP contribution >= 0.6 is 0 Å². The van der Waals surface area contributed by atoms with Gasteiger partial charge in [0, 0.05) is 19.6 Å². The fourth-order valence-corrected chi connectivity index (χ4v) is 2.93. The minimum atomic E-state index is -0.303. The van der Waals surface area contributed by atoms with E-state index >= 15 is 0 Å². The number of imidazole rings is 1. The Morgan fingerprint density at radius 2 is 2.33 bits per heavy atom. The van der Waals surface area contributed by atoms with Crippen LogP contribution < -0.4 is 5.73 Å². The summed E-state index contributed by atoms with van der Waals surface area (Å²) < 4.78 is 10.7. The molecule has 0 aromatic carbocycles. The van der Waals surface area contributed by atoms with Crippen molar-refractivity contribution in [2.45, 2.75) is 37.6 Å². The van der Waals surface area contributed by atoms with Gasteiger partial charge in [0.1, 0.15) is 11.5 Å². The standard InChI is InChI=1S/C14H19N5O2/c15-14(3-1-4-14)13-16-7-10(17-13)12-18-11(19-21-12)6-9-2-5-20-8-9/h7,9H,1-6,8,15H2,(H,16,17). The lowest BCUT2D eigenvalue weighted by Gasteiger charge is -2.35. The molecular formula is C14H19N5O2. The van der Waals surface area contributed by atoms with E-state index in [0.29, 0.717) is 11.8 Å². The number of ether oxygens (including phenoxy) is 1. The molecule has 0 bridgehead atoms. The molecular weight excluding hydrogens is 270 g/mol. The molecule has 2 aromatic heterocycles. The molecule has 2 aliphatic rings. The molecule has 0 spiro atoms. The molecule has 1 aliphatic heterocycles. The van der Waals surface area contributed by atoms with E-state index in [9.17, 15) is 0 Å². The van der Waals surface area contributed by atoms with Crippen molar-refractivity contribution in [1.29, 1.82) is 0 Å². The third-order valence-corrected chi connectivity index (χ3v) is 4.49. The minimum Gasteiger partial charge on any atom is -0.381 e. The zero-order chi connectivity index (χ0) is 14.3. The molecule has 1 saturated heterocycles. The van der Waals surface area contributed by atoms with Gasteiger partial charge in [0.2, 0.25) is 0 Å². The van der Waals surface area contributed by atoms with Gasteiger partial charge in [-0.2, -0.15) is 4.98 Å². The predicted octanol–water partition coefficient (Wildman–Crippen LogP) is 1.38. The Bertz CT molecular complexity index is 625. The van der Waals surface area contributed by atoms with E-state index in [0.717, 1.165) is 62.7 Å². The van der Waals surface area contributed by atoms with Crippen molar-refractivity contribution < 1.29 is 9.26 Å². The summed E-state index contributed by atoms with van der Waals surface area (Å²) in [4.78, 5) is 12.0.